The summed E-state index contributed by atoms with van der Waals surface area (Å²) >= 11 is 0. The number of hydrogen-bond donors (Lipinski definition) is 0. The first-order valence-corrected chi connectivity index (χ1v) is 6.88. The maximum absolute atomic E-state index is 12.8. The molecule has 1 aromatic heterocycles. The van der Waals surface area contributed by atoms with Gasteiger partial charge in [0.2, 0.25) is 5.78 Å². The van der Waals surface area contributed by atoms with Gasteiger partial charge in [0.25, 0.3) is 0 Å². The van der Waals surface area contributed by atoms with Crippen LogP contribution in [0.15, 0.2) is 65.1 Å². The Hall–Kier alpha value is -2.35. The number of benzene rings is 2. The lowest BCUT2D eigenvalue weighted by Gasteiger charge is -2.12. The first-order valence-electron chi connectivity index (χ1n) is 6.88. The predicted octanol–water partition coefficient (Wildman–Crippen LogP) is 4.35. The lowest BCUT2D eigenvalue weighted by atomic mass is 9.90. The van der Waals surface area contributed by atoms with Gasteiger partial charge in [-0.25, -0.2) is 0 Å². The van der Waals surface area contributed by atoms with Crippen LogP contribution in [0.3, 0.4) is 0 Å². The summed E-state index contributed by atoms with van der Waals surface area (Å²) < 4.78 is 5.73. The molecule has 3 aromatic rings. The highest BCUT2D eigenvalue weighted by molar-refractivity contribution is 6.06. The second kappa shape index (κ2) is 4.07. The van der Waals surface area contributed by atoms with Crippen LogP contribution in [0.4, 0.5) is 0 Å². The fourth-order valence-corrected chi connectivity index (χ4v) is 2.86. The zero-order valence-electron chi connectivity index (χ0n) is 11.0. The molecule has 1 saturated carbocycles. The van der Waals surface area contributed by atoms with Crippen molar-refractivity contribution in [2.24, 2.45) is 0 Å². The van der Waals surface area contributed by atoms with Crippen molar-refractivity contribution in [2.45, 2.75) is 18.3 Å². The van der Waals surface area contributed by atoms with Crippen molar-refractivity contribution in [1.29, 1.82) is 0 Å². The molecule has 2 nitrogen and oxygen atoms in total. The number of ketones is 1. The number of carbonyl (C=O) groups is 1. The fourth-order valence-electron chi connectivity index (χ4n) is 2.86. The molecule has 0 amide bonds. The molecule has 4 rings (SSSR count). The molecule has 2 aromatic carbocycles. The third kappa shape index (κ3) is 1.61. The Morgan fingerprint density at radius 2 is 1.65 bits per heavy atom. The summed E-state index contributed by atoms with van der Waals surface area (Å²) in [6.45, 7) is 0. The van der Waals surface area contributed by atoms with Crippen LogP contribution in [0.25, 0.3) is 11.0 Å². The molecular formula is C18H14O2. The summed E-state index contributed by atoms with van der Waals surface area (Å²) in [6.07, 6.45) is 1.82. The van der Waals surface area contributed by atoms with E-state index in [1.807, 2.05) is 60.7 Å². The Kier molecular flexibility index (Phi) is 2.34. The van der Waals surface area contributed by atoms with E-state index >= 15 is 0 Å². The van der Waals surface area contributed by atoms with Crippen LogP contribution < -0.4 is 0 Å². The molecule has 0 atom stereocenters. The Morgan fingerprint density at radius 1 is 0.950 bits per heavy atom. The first-order chi connectivity index (χ1) is 9.79. The molecule has 0 radical (unpaired) electrons. The number of carbonyl (C=O) groups excluding carboxylic acids is 1. The summed E-state index contributed by atoms with van der Waals surface area (Å²) in [4.78, 5) is 12.8. The van der Waals surface area contributed by atoms with Gasteiger partial charge in [-0.1, -0.05) is 48.5 Å². The van der Waals surface area contributed by atoms with Gasteiger partial charge in [0.1, 0.15) is 5.58 Å². The maximum atomic E-state index is 12.8. The molecule has 0 bridgehead atoms. The topological polar surface area (TPSA) is 30.2 Å². The average molecular weight is 262 g/mol. The minimum Gasteiger partial charge on any atom is -0.453 e. The van der Waals surface area contributed by atoms with Crippen LogP contribution in [0.5, 0.6) is 0 Å². The molecule has 1 fully saturated rings. The molecular weight excluding hydrogens is 248 g/mol. The average Bonchev–Trinajstić information content (AvgIpc) is 3.20. The standard InChI is InChI=1S/C18H14O2/c19-17(16-12-13-6-4-5-9-15(13)20-16)18(10-11-18)14-7-2-1-3-8-14/h1-9,12H,10-11H2. The summed E-state index contributed by atoms with van der Waals surface area (Å²) in [5.41, 5.74) is 1.53. The second-order valence-corrected chi connectivity index (χ2v) is 5.43. The molecule has 0 N–H and O–H groups in total. The van der Waals surface area contributed by atoms with Crippen LogP contribution in [0.1, 0.15) is 29.0 Å². The number of fused-ring (bicyclic) bond motifs is 1. The number of hydrogen-bond acceptors (Lipinski definition) is 2. The third-order valence-corrected chi connectivity index (χ3v) is 4.16. The molecule has 0 aliphatic heterocycles. The van der Waals surface area contributed by atoms with Crippen LogP contribution in [-0.2, 0) is 5.41 Å². The monoisotopic (exact) mass is 262 g/mol. The van der Waals surface area contributed by atoms with Gasteiger partial charge in [0.15, 0.2) is 5.76 Å². The summed E-state index contributed by atoms with van der Waals surface area (Å²) in [5, 5.41) is 0.986. The van der Waals surface area contributed by atoms with E-state index in [4.69, 9.17) is 4.42 Å². The molecule has 1 aliphatic carbocycles. The summed E-state index contributed by atoms with van der Waals surface area (Å²) in [7, 11) is 0. The van der Waals surface area contributed by atoms with E-state index in [2.05, 4.69) is 0 Å². The van der Waals surface area contributed by atoms with E-state index in [-0.39, 0.29) is 11.2 Å². The van der Waals surface area contributed by atoms with Crippen molar-refractivity contribution in [3.05, 3.63) is 72.0 Å². The van der Waals surface area contributed by atoms with Crippen molar-refractivity contribution in [3.63, 3.8) is 0 Å². The van der Waals surface area contributed by atoms with Gasteiger partial charge in [-0.05, 0) is 30.5 Å². The van der Waals surface area contributed by atoms with Gasteiger partial charge >= 0.3 is 0 Å². The molecule has 1 aliphatic rings. The van der Waals surface area contributed by atoms with E-state index in [0.29, 0.717) is 5.76 Å². The predicted molar refractivity (Wildman–Crippen MR) is 77.9 cm³/mol. The molecule has 2 heteroatoms. The van der Waals surface area contributed by atoms with Crippen LogP contribution in [0, 0.1) is 0 Å². The number of furan rings is 1. The number of rotatable bonds is 3. The molecule has 0 unspecified atom stereocenters. The van der Waals surface area contributed by atoms with Gasteiger partial charge < -0.3 is 4.42 Å². The van der Waals surface area contributed by atoms with Crippen LogP contribution in [0.2, 0.25) is 0 Å². The minimum atomic E-state index is -0.352. The van der Waals surface area contributed by atoms with E-state index in [0.717, 1.165) is 29.4 Å². The third-order valence-electron chi connectivity index (χ3n) is 4.16. The van der Waals surface area contributed by atoms with E-state index in [1.54, 1.807) is 0 Å². The largest absolute Gasteiger partial charge is 0.453 e. The van der Waals surface area contributed by atoms with Crippen LogP contribution >= 0.6 is 0 Å². The molecule has 1 heterocycles. The normalized spacial score (nSPS) is 16.2. The Balaban J connectivity index is 1.77. The van der Waals surface area contributed by atoms with Gasteiger partial charge in [-0.15, -0.1) is 0 Å². The van der Waals surface area contributed by atoms with Crippen molar-refractivity contribution in [2.75, 3.05) is 0 Å². The zero-order chi connectivity index (χ0) is 13.6. The number of para-hydroxylation sites is 1. The Labute approximate surface area is 117 Å². The lowest BCUT2D eigenvalue weighted by Crippen LogP contribution is -2.19. The van der Waals surface area contributed by atoms with Gasteiger partial charge in [-0.3, -0.25) is 4.79 Å². The van der Waals surface area contributed by atoms with Gasteiger partial charge in [0, 0.05) is 5.39 Å². The van der Waals surface area contributed by atoms with E-state index in [9.17, 15) is 4.79 Å². The van der Waals surface area contributed by atoms with Gasteiger partial charge in [-0.2, -0.15) is 0 Å². The summed E-state index contributed by atoms with van der Waals surface area (Å²) in [6, 6.07) is 19.6. The fraction of sp³-hybridized carbons (Fsp3) is 0.167. The molecule has 98 valence electrons. The van der Waals surface area contributed by atoms with E-state index in [1.165, 1.54) is 0 Å². The lowest BCUT2D eigenvalue weighted by molar-refractivity contribution is 0.0920. The van der Waals surface area contributed by atoms with E-state index < -0.39 is 0 Å². The summed E-state index contributed by atoms with van der Waals surface area (Å²) in [5.74, 6) is 0.590. The van der Waals surface area contributed by atoms with Crippen LogP contribution in [-0.4, -0.2) is 5.78 Å². The van der Waals surface area contributed by atoms with Crippen molar-refractivity contribution >= 4 is 16.8 Å². The number of Topliss-reactive ketones (excluding diaryl/α,β-unsaturated/α-hetero) is 1. The second-order valence-electron chi connectivity index (χ2n) is 5.43. The first kappa shape index (κ1) is 11.5. The molecule has 0 spiro atoms. The highest BCUT2D eigenvalue weighted by Gasteiger charge is 2.52. The minimum absolute atomic E-state index is 0.111. The smallest absolute Gasteiger partial charge is 0.208 e. The molecule has 0 saturated heterocycles. The zero-order valence-corrected chi connectivity index (χ0v) is 11.0. The highest BCUT2D eigenvalue weighted by Crippen LogP contribution is 2.50. The highest BCUT2D eigenvalue weighted by atomic mass is 16.3. The maximum Gasteiger partial charge on any atom is 0.208 e. The molecule has 20 heavy (non-hydrogen) atoms. The van der Waals surface area contributed by atoms with Gasteiger partial charge in [0.05, 0.1) is 5.41 Å². The van der Waals surface area contributed by atoms with Crippen molar-refractivity contribution in [1.82, 2.24) is 0 Å². The van der Waals surface area contributed by atoms with Crippen molar-refractivity contribution < 1.29 is 9.21 Å². The Morgan fingerprint density at radius 3 is 2.35 bits per heavy atom. The SMILES string of the molecule is O=C(c1cc2ccccc2o1)C1(c2ccccc2)CC1. The Bertz CT molecular complexity index is 746. The quantitative estimate of drug-likeness (QED) is 0.657. The van der Waals surface area contributed by atoms with Crippen molar-refractivity contribution in [3.8, 4) is 0 Å².